The van der Waals surface area contributed by atoms with E-state index in [0.29, 0.717) is 42.4 Å². The SMILES string of the molecule is CO[C@@H]1CC[N+](Oc2ccc(C(=O)O)cc2)(C(=O)Cc2ccc3nc(Nc4ccccc4C)oc3c2)C1. The zero-order valence-corrected chi connectivity index (χ0v) is 20.6. The number of rotatable bonds is 8. The number of carbonyl (C=O) groups excluding carboxylic acids is 1. The van der Waals surface area contributed by atoms with E-state index in [-0.39, 0.29) is 28.6 Å². The van der Waals surface area contributed by atoms with Crippen molar-refractivity contribution in [2.75, 3.05) is 25.5 Å². The molecule has 2 atom stereocenters. The third-order valence-electron chi connectivity index (χ3n) is 6.67. The summed E-state index contributed by atoms with van der Waals surface area (Å²) in [4.78, 5) is 35.5. The summed E-state index contributed by atoms with van der Waals surface area (Å²) in [6.07, 6.45) is 0.680. The van der Waals surface area contributed by atoms with Crippen LogP contribution in [0.15, 0.2) is 71.1 Å². The lowest BCUT2D eigenvalue weighted by Crippen LogP contribution is -2.55. The Bertz CT molecular complexity index is 1450. The number of nitrogens with one attached hydrogen (secondary N) is 1. The molecule has 0 radical (unpaired) electrons. The summed E-state index contributed by atoms with van der Waals surface area (Å²) in [6.45, 7) is 2.82. The van der Waals surface area contributed by atoms with Gasteiger partial charge >= 0.3 is 11.9 Å². The van der Waals surface area contributed by atoms with Gasteiger partial charge < -0.3 is 24.4 Å². The molecule has 2 N–H and O–H groups in total. The van der Waals surface area contributed by atoms with Gasteiger partial charge in [0.25, 0.3) is 6.01 Å². The van der Waals surface area contributed by atoms with Crippen LogP contribution in [-0.2, 0) is 16.0 Å². The molecule has 3 aromatic carbocycles. The lowest BCUT2D eigenvalue weighted by atomic mass is 10.1. The molecular formula is C28H28N3O6+. The molecule has 0 aliphatic carbocycles. The maximum Gasteiger partial charge on any atom is 0.359 e. The van der Waals surface area contributed by atoms with Crippen LogP contribution in [0.25, 0.3) is 11.1 Å². The van der Waals surface area contributed by atoms with Crippen LogP contribution in [0.1, 0.15) is 27.9 Å². The van der Waals surface area contributed by atoms with E-state index in [1.54, 1.807) is 19.2 Å². The Kier molecular flexibility index (Phi) is 6.64. The second-order valence-corrected chi connectivity index (χ2v) is 9.19. The Labute approximate surface area is 213 Å². The van der Waals surface area contributed by atoms with Gasteiger partial charge in [-0.25, -0.2) is 9.59 Å². The van der Waals surface area contributed by atoms with E-state index >= 15 is 0 Å². The van der Waals surface area contributed by atoms with Crippen molar-refractivity contribution in [2.24, 2.45) is 0 Å². The number of nitrogens with zero attached hydrogens (tertiary/aromatic N) is 2. The highest BCUT2D eigenvalue weighted by atomic mass is 16.7. The van der Waals surface area contributed by atoms with E-state index in [9.17, 15) is 9.59 Å². The number of aromatic nitrogens is 1. The number of hydroxylamine groups is 3. The Hall–Kier alpha value is -4.21. The smallest absolute Gasteiger partial charge is 0.359 e. The Morgan fingerprint density at radius 1 is 1.14 bits per heavy atom. The average molecular weight is 503 g/mol. The largest absolute Gasteiger partial charge is 0.478 e. The number of hydrogen-bond acceptors (Lipinski definition) is 7. The zero-order chi connectivity index (χ0) is 26.0. The molecule has 1 amide bonds. The number of fused-ring (bicyclic) bond motifs is 1. The van der Waals surface area contributed by atoms with Crippen LogP contribution in [0.4, 0.5) is 11.7 Å². The van der Waals surface area contributed by atoms with E-state index in [0.717, 1.165) is 16.8 Å². The van der Waals surface area contributed by atoms with Gasteiger partial charge in [0.05, 0.1) is 12.0 Å². The molecule has 9 heteroatoms. The van der Waals surface area contributed by atoms with Crippen molar-refractivity contribution in [1.82, 2.24) is 4.98 Å². The topological polar surface area (TPSA) is 111 Å². The lowest BCUT2D eigenvalue weighted by molar-refractivity contribution is -1.01. The maximum absolute atomic E-state index is 13.6. The molecule has 1 aliphatic rings. The highest BCUT2D eigenvalue weighted by Gasteiger charge is 2.48. The minimum absolute atomic E-state index is 0.117. The van der Waals surface area contributed by atoms with Crippen LogP contribution in [-0.4, -0.2) is 52.9 Å². The fraction of sp³-hybridized carbons (Fsp3) is 0.250. The van der Waals surface area contributed by atoms with Crippen molar-refractivity contribution in [1.29, 1.82) is 0 Å². The summed E-state index contributed by atoms with van der Waals surface area (Å²) in [5.74, 6) is -0.723. The second-order valence-electron chi connectivity index (χ2n) is 9.19. The van der Waals surface area contributed by atoms with E-state index in [1.165, 1.54) is 12.1 Å². The molecule has 5 rings (SSSR count). The van der Waals surface area contributed by atoms with Gasteiger partial charge in [-0.2, -0.15) is 4.98 Å². The first kappa shape index (κ1) is 24.5. The fourth-order valence-corrected chi connectivity index (χ4v) is 4.56. The summed E-state index contributed by atoms with van der Waals surface area (Å²) in [6, 6.07) is 19.8. The van der Waals surface area contributed by atoms with Gasteiger partial charge in [0.2, 0.25) is 0 Å². The normalized spacial score (nSPS) is 19.1. The molecule has 0 spiro atoms. The molecule has 0 saturated carbocycles. The number of benzene rings is 3. The number of methoxy groups -OCH3 is 1. The molecule has 0 bridgehead atoms. The number of ether oxygens (including phenoxy) is 1. The van der Waals surface area contributed by atoms with Gasteiger partial charge in [0.15, 0.2) is 17.9 Å². The van der Waals surface area contributed by atoms with E-state index in [1.807, 2.05) is 49.4 Å². The number of oxazole rings is 1. The first-order valence-corrected chi connectivity index (χ1v) is 12.0. The quantitative estimate of drug-likeness (QED) is 0.328. The molecular weight excluding hydrogens is 474 g/mol. The van der Waals surface area contributed by atoms with Crippen LogP contribution in [0, 0.1) is 6.92 Å². The van der Waals surface area contributed by atoms with Crippen LogP contribution in [0.5, 0.6) is 5.75 Å². The molecule has 1 aromatic heterocycles. The molecule has 190 valence electrons. The third-order valence-corrected chi connectivity index (χ3v) is 6.67. The summed E-state index contributed by atoms with van der Waals surface area (Å²) in [5.41, 5.74) is 4.17. The number of hydrogen-bond donors (Lipinski definition) is 2. The number of amides is 1. The van der Waals surface area contributed by atoms with E-state index in [2.05, 4.69) is 10.3 Å². The fourth-order valence-electron chi connectivity index (χ4n) is 4.56. The van der Waals surface area contributed by atoms with Gasteiger partial charge in [-0.1, -0.05) is 28.9 Å². The van der Waals surface area contributed by atoms with Gasteiger partial charge in [-0.3, -0.25) is 0 Å². The standard InChI is InChI=1S/C28H27N3O6/c1-18-5-3-4-6-23(18)29-28-30-24-12-7-19(15-25(24)36-28)16-26(32)31(14-13-22(17-31)35-2)37-21-10-8-20(9-11-21)27(33)34/h3-12,15,22H,13-14,16-17H2,1-2H3,(H-,29,30,33,34)/p+1/t22-,31?/m1/s1. The number of para-hydroxylation sites is 1. The Morgan fingerprint density at radius 3 is 2.62 bits per heavy atom. The minimum atomic E-state index is -1.02. The van der Waals surface area contributed by atoms with Gasteiger partial charge in [0.1, 0.15) is 18.2 Å². The van der Waals surface area contributed by atoms with Gasteiger partial charge in [-0.05, 0) is 60.5 Å². The highest BCUT2D eigenvalue weighted by Crippen LogP contribution is 2.29. The first-order valence-electron chi connectivity index (χ1n) is 12.0. The number of aromatic carboxylic acids is 1. The van der Waals surface area contributed by atoms with Crippen molar-refractivity contribution < 1.29 is 33.3 Å². The summed E-state index contributed by atoms with van der Waals surface area (Å²) in [7, 11) is 1.62. The second kappa shape index (κ2) is 10.0. The minimum Gasteiger partial charge on any atom is -0.478 e. The predicted octanol–water partition coefficient (Wildman–Crippen LogP) is 4.88. The zero-order valence-electron chi connectivity index (χ0n) is 20.6. The number of aryl methyl sites for hydroxylation is 1. The molecule has 1 unspecified atom stereocenters. The van der Waals surface area contributed by atoms with Crippen LogP contribution >= 0.6 is 0 Å². The molecule has 2 heterocycles. The molecule has 37 heavy (non-hydrogen) atoms. The lowest BCUT2D eigenvalue weighted by Gasteiger charge is -2.29. The van der Waals surface area contributed by atoms with Crippen LogP contribution in [0.3, 0.4) is 0 Å². The summed E-state index contributed by atoms with van der Waals surface area (Å²) >= 11 is 0. The molecule has 1 fully saturated rings. The van der Waals surface area contributed by atoms with E-state index < -0.39 is 5.97 Å². The monoisotopic (exact) mass is 502 g/mol. The van der Waals surface area contributed by atoms with Crippen LogP contribution in [0.2, 0.25) is 0 Å². The predicted molar refractivity (Wildman–Crippen MR) is 137 cm³/mol. The number of likely N-dealkylation sites (tertiary alicyclic amines) is 1. The molecule has 1 saturated heterocycles. The van der Waals surface area contributed by atoms with Crippen LogP contribution < -0.4 is 10.2 Å². The number of carboxylic acids is 1. The number of anilines is 2. The number of quaternary nitrogens is 1. The average Bonchev–Trinajstić information content (AvgIpc) is 3.50. The molecule has 4 aromatic rings. The Balaban J connectivity index is 1.36. The summed E-state index contributed by atoms with van der Waals surface area (Å²) < 4.78 is 11.2. The first-order chi connectivity index (χ1) is 17.8. The van der Waals surface area contributed by atoms with Gasteiger partial charge in [0, 0.05) is 19.2 Å². The third kappa shape index (κ3) is 5.18. The maximum atomic E-state index is 13.6. The van der Waals surface area contributed by atoms with Crippen molar-refractivity contribution in [3.05, 3.63) is 83.4 Å². The Morgan fingerprint density at radius 2 is 1.92 bits per heavy atom. The number of carboxylic acid groups (broad SMARTS) is 1. The van der Waals surface area contributed by atoms with E-state index in [4.69, 9.17) is 19.1 Å². The molecule has 1 aliphatic heterocycles. The van der Waals surface area contributed by atoms with Crippen molar-refractivity contribution in [3.63, 3.8) is 0 Å². The molecule has 9 nitrogen and oxygen atoms in total. The number of carbonyl (C=O) groups is 2. The van der Waals surface area contributed by atoms with Gasteiger partial charge in [-0.15, -0.1) is 0 Å². The highest BCUT2D eigenvalue weighted by molar-refractivity contribution is 5.87. The van der Waals surface area contributed by atoms with Crippen molar-refractivity contribution >= 4 is 34.7 Å². The van der Waals surface area contributed by atoms with Crippen molar-refractivity contribution in [3.8, 4) is 5.75 Å². The summed E-state index contributed by atoms with van der Waals surface area (Å²) in [5, 5.41) is 12.4. The van der Waals surface area contributed by atoms with Crippen molar-refractivity contribution in [2.45, 2.75) is 25.9 Å².